The fraction of sp³-hybridized carbons (Fsp3) is 0.267. The van der Waals surface area contributed by atoms with E-state index in [1.807, 2.05) is 0 Å². The van der Waals surface area contributed by atoms with Crippen molar-refractivity contribution in [1.82, 2.24) is 13.9 Å². The van der Waals surface area contributed by atoms with E-state index in [4.69, 9.17) is 0 Å². The van der Waals surface area contributed by atoms with Crippen LogP contribution < -0.4 is 16.0 Å². The van der Waals surface area contributed by atoms with Crippen LogP contribution in [0.2, 0.25) is 0 Å². The van der Waals surface area contributed by atoms with E-state index in [1.165, 1.54) is 31.0 Å². The van der Waals surface area contributed by atoms with E-state index in [2.05, 4.69) is 4.72 Å². The Hall–Kier alpha value is -2.33. The molecule has 0 saturated heterocycles. The molecule has 132 valence electrons. The van der Waals surface area contributed by atoms with E-state index in [9.17, 15) is 27.6 Å². The van der Waals surface area contributed by atoms with Gasteiger partial charge in [0.1, 0.15) is 11.7 Å². The average molecular weight is 371 g/mol. The smallest absolute Gasteiger partial charge is 0.298 e. The van der Waals surface area contributed by atoms with Crippen molar-refractivity contribution in [2.24, 2.45) is 7.05 Å². The molecule has 1 unspecified atom stereocenters. The average Bonchev–Trinajstić information content (AvgIpc) is 2.93. The summed E-state index contributed by atoms with van der Waals surface area (Å²) in [5.41, 5.74) is -2.85. The minimum absolute atomic E-state index is 0.105. The molecule has 6 nitrogen and oxygen atoms in total. The molecule has 10 heteroatoms. The van der Waals surface area contributed by atoms with Crippen molar-refractivity contribution in [3.8, 4) is 5.69 Å². The number of alkyl halides is 3. The summed E-state index contributed by atoms with van der Waals surface area (Å²) in [4.78, 5) is 36.9. The Morgan fingerprint density at radius 1 is 1.24 bits per heavy atom. The molecule has 1 N–H and O–H groups in total. The fourth-order valence-electron chi connectivity index (χ4n) is 2.62. The molecular weight excluding hydrogens is 359 g/mol. The lowest BCUT2D eigenvalue weighted by atomic mass is 10.0. The minimum Gasteiger partial charge on any atom is -0.298 e. The maximum Gasteiger partial charge on any atom is 0.431 e. The number of fused-ring (bicyclic) bond motifs is 1. The van der Waals surface area contributed by atoms with E-state index in [0.29, 0.717) is 20.8 Å². The lowest BCUT2D eigenvalue weighted by Gasteiger charge is -2.14. The molecule has 1 atom stereocenters. The number of nitrogens with zero attached hydrogens (tertiary/aromatic N) is 2. The molecule has 0 fully saturated rings. The highest BCUT2D eigenvalue weighted by Gasteiger charge is 2.35. The molecule has 0 saturated carbocycles. The summed E-state index contributed by atoms with van der Waals surface area (Å²) >= 11 is 1.24. The number of aromatic nitrogens is 2. The SMILES string of the molecule is CC(=O)C1NSc2ccc(-n3c(=O)cc(C(F)(F)F)n(C)c3=O)cc21. The number of hydrogen-bond acceptors (Lipinski definition) is 5. The summed E-state index contributed by atoms with van der Waals surface area (Å²) in [5.74, 6) is -0.156. The molecule has 1 aromatic heterocycles. The van der Waals surface area contributed by atoms with Crippen LogP contribution in [0, 0.1) is 0 Å². The van der Waals surface area contributed by atoms with Crippen molar-refractivity contribution in [2.75, 3.05) is 0 Å². The summed E-state index contributed by atoms with van der Waals surface area (Å²) in [6.07, 6.45) is -4.82. The van der Waals surface area contributed by atoms with Crippen molar-refractivity contribution < 1.29 is 18.0 Å². The van der Waals surface area contributed by atoms with Crippen LogP contribution in [0.3, 0.4) is 0 Å². The van der Waals surface area contributed by atoms with Gasteiger partial charge in [-0.1, -0.05) is 0 Å². The normalized spacial score (nSPS) is 16.8. The van der Waals surface area contributed by atoms with Gasteiger partial charge in [0, 0.05) is 18.0 Å². The minimum atomic E-state index is -4.82. The molecule has 0 amide bonds. The third-order valence-electron chi connectivity index (χ3n) is 3.87. The van der Waals surface area contributed by atoms with Gasteiger partial charge >= 0.3 is 11.9 Å². The Morgan fingerprint density at radius 3 is 2.52 bits per heavy atom. The molecule has 25 heavy (non-hydrogen) atoms. The number of hydrogen-bond donors (Lipinski definition) is 1. The lowest BCUT2D eigenvalue weighted by molar-refractivity contribution is -0.144. The van der Waals surface area contributed by atoms with Gasteiger partial charge in [-0.2, -0.15) is 13.2 Å². The number of ketones is 1. The fourth-order valence-corrected chi connectivity index (χ4v) is 3.59. The number of carbonyl (C=O) groups is 1. The van der Waals surface area contributed by atoms with Crippen LogP contribution >= 0.6 is 11.9 Å². The number of carbonyl (C=O) groups excluding carboxylic acids is 1. The second-order valence-corrected chi connectivity index (χ2v) is 6.41. The van der Waals surface area contributed by atoms with Crippen LogP contribution in [0.15, 0.2) is 38.8 Å². The van der Waals surface area contributed by atoms with Gasteiger partial charge in [-0.3, -0.25) is 14.2 Å². The summed E-state index contributed by atoms with van der Waals surface area (Å²) in [6, 6.07) is 4.30. The van der Waals surface area contributed by atoms with Crippen LogP contribution in [-0.4, -0.2) is 14.9 Å². The summed E-state index contributed by atoms with van der Waals surface area (Å²) in [5, 5.41) is 0. The number of halogens is 3. The monoisotopic (exact) mass is 371 g/mol. The molecule has 0 aliphatic carbocycles. The number of benzene rings is 1. The second kappa shape index (κ2) is 5.88. The second-order valence-electron chi connectivity index (χ2n) is 5.53. The quantitative estimate of drug-likeness (QED) is 0.815. The third-order valence-corrected chi connectivity index (χ3v) is 4.81. The van der Waals surface area contributed by atoms with Crippen LogP contribution in [0.25, 0.3) is 5.69 Å². The Morgan fingerprint density at radius 2 is 1.92 bits per heavy atom. The van der Waals surface area contributed by atoms with E-state index in [1.54, 1.807) is 6.07 Å². The van der Waals surface area contributed by atoms with Gasteiger partial charge in [-0.25, -0.2) is 14.1 Å². The first-order chi connectivity index (χ1) is 11.6. The standard InChI is InChI=1S/C15H12F3N3O3S/c1-7(22)13-9-5-8(3-4-10(9)25-19-13)21-12(23)6-11(15(16,17)18)20(2)14(21)24/h3-6,13,19H,1-2H3. The predicted molar refractivity (Wildman–Crippen MR) is 84.7 cm³/mol. The molecule has 0 radical (unpaired) electrons. The van der Waals surface area contributed by atoms with Crippen LogP contribution in [-0.2, 0) is 18.0 Å². The molecule has 0 bridgehead atoms. The summed E-state index contributed by atoms with van der Waals surface area (Å²) in [6.45, 7) is 1.39. The molecule has 0 spiro atoms. The Balaban J connectivity index is 2.21. The van der Waals surface area contributed by atoms with E-state index < -0.39 is 29.2 Å². The first-order valence-electron chi connectivity index (χ1n) is 7.08. The van der Waals surface area contributed by atoms with Crippen molar-refractivity contribution in [1.29, 1.82) is 0 Å². The van der Waals surface area contributed by atoms with E-state index in [0.717, 1.165) is 11.9 Å². The molecule has 1 aliphatic heterocycles. The number of nitrogens with one attached hydrogen (secondary N) is 1. The van der Waals surface area contributed by atoms with Crippen LogP contribution in [0.4, 0.5) is 13.2 Å². The highest BCUT2D eigenvalue weighted by molar-refractivity contribution is 7.97. The zero-order chi connectivity index (χ0) is 18.5. The summed E-state index contributed by atoms with van der Waals surface area (Å²) < 4.78 is 42.7. The van der Waals surface area contributed by atoms with Gasteiger partial charge in [0.25, 0.3) is 5.56 Å². The Bertz CT molecular complexity index is 994. The highest BCUT2D eigenvalue weighted by atomic mass is 32.2. The van der Waals surface area contributed by atoms with E-state index in [-0.39, 0.29) is 11.5 Å². The molecular formula is C15H12F3N3O3S. The molecule has 1 aliphatic rings. The van der Waals surface area contributed by atoms with Gasteiger partial charge in [0.2, 0.25) is 0 Å². The van der Waals surface area contributed by atoms with Gasteiger partial charge in [0.15, 0.2) is 5.78 Å². The maximum atomic E-state index is 12.9. The zero-order valence-electron chi connectivity index (χ0n) is 13.0. The Labute approximate surface area is 143 Å². The summed E-state index contributed by atoms with van der Waals surface area (Å²) in [7, 11) is 0.949. The van der Waals surface area contributed by atoms with Gasteiger partial charge < -0.3 is 0 Å². The third kappa shape index (κ3) is 2.91. The zero-order valence-corrected chi connectivity index (χ0v) is 13.9. The first-order valence-corrected chi connectivity index (χ1v) is 7.90. The largest absolute Gasteiger partial charge is 0.431 e. The predicted octanol–water partition coefficient (Wildman–Crippen LogP) is 1.80. The van der Waals surface area contributed by atoms with Gasteiger partial charge in [-0.15, -0.1) is 0 Å². The molecule has 3 rings (SSSR count). The van der Waals surface area contributed by atoms with Gasteiger partial charge in [-0.05, 0) is 42.6 Å². The first kappa shape index (κ1) is 17.5. The number of Topliss-reactive ketones (excluding diaryl/α,β-unsaturated/α-hetero) is 1. The van der Waals surface area contributed by atoms with Gasteiger partial charge in [0.05, 0.1) is 5.69 Å². The molecule has 2 heterocycles. The highest BCUT2D eigenvalue weighted by Crippen LogP contribution is 2.36. The van der Waals surface area contributed by atoms with Crippen molar-refractivity contribution in [3.63, 3.8) is 0 Å². The van der Waals surface area contributed by atoms with Crippen molar-refractivity contribution in [2.45, 2.75) is 24.0 Å². The van der Waals surface area contributed by atoms with Crippen LogP contribution in [0.5, 0.6) is 0 Å². The lowest BCUT2D eigenvalue weighted by Crippen LogP contribution is -2.40. The van der Waals surface area contributed by atoms with E-state index >= 15 is 0 Å². The van der Waals surface area contributed by atoms with Crippen molar-refractivity contribution in [3.05, 3.63) is 56.4 Å². The number of rotatable bonds is 2. The Kier molecular flexibility index (Phi) is 4.12. The topological polar surface area (TPSA) is 73.1 Å². The van der Waals surface area contributed by atoms with Crippen molar-refractivity contribution >= 4 is 17.7 Å². The van der Waals surface area contributed by atoms with Crippen LogP contribution in [0.1, 0.15) is 24.2 Å². The maximum absolute atomic E-state index is 12.9. The molecule has 2 aromatic rings. The molecule has 1 aromatic carbocycles.